The quantitative estimate of drug-likeness (QED) is 0.674. The summed E-state index contributed by atoms with van der Waals surface area (Å²) in [4.78, 5) is 22.5. The van der Waals surface area contributed by atoms with Gasteiger partial charge in [-0.3, -0.25) is 14.9 Å². The Kier molecular flexibility index (Phi) is 4.38. The number of nitrogens with one attached hydrogen (secondary N) is 1. The molecule has 0 saturated heterocycles. The molecule has 1 N–H and O–H groups in total. The van der Waals surface area contributed by atoms with Gasteiger partial charge >= 0.3 is 5.69 Å². The Morgan fingerprint density at radius 3 is 2.90 bits per heavy atom. The number of hydrogen-bond acceptors (Lipinski definition) is 5. The van der Waals surface area contributed by atoms with E-state index in [9.17, 15) is 14.9 Å². The number of amides is 1. The van der Waals surface area contributed by atoms with Crippen molar-refractivity contribution >= 4 is 11.6 Å². The van der Waals surface area contributed by atoms with E-state index in [-0.39, 0.29) is 29.0 Å². The lowest BCUT2D eigenvalue weighted by Crippen LogP contribution is -2.36. The minimum absolute atomic E-state index is 0.104. The molecule has 1 saturated carbocycles. The van der Waals surface area contributed by atoms with Crippen LogP contribution in [-0.4, -0.2) is 24.0 Å². The molecule has 0 radical (unpaired) electrons. The van der Waals surface area contributed by atoms with Crippen LogP contribution in [0.2, 0.25) is 0 Å². The first-order chi connectivity index (χ1) is 10.1. The molecule has 0 aliphatic heterocycles. The number of nitriles is 1. The van der Waals surface area contributed by atoms with E-state index < -0.39 is 10.8 Å². The lowest BCUT2D eigenvalue weighted by Gasteiger charge is -2.15. The van der Waals surface area contributed by atoms with Gasteiger partial charge in [-0.05, 0) is 31.4 Å². The first-order valence-electron chi connectivity index (χ1n) is 6.59. The topological polar surface area (TPSA) is 105 Å². The predicted octanol–water partition coefficient (Wildman–Crippen LogP) is 2.03. The SMILES string of the molecule is COc1ccc(C(=O)NC2CCCC2C#N)cc1[N+](=O)[O-]. The zero-order valence-corrected chi connectivity index (χ0v) is 11.5. The molecule has 0 spiro atoms. The van der Waals surface area contributed by atoms with Crippen LogP contribution in [0, 0.1) is 27.4 Å². The van der Waals surface area contributed by atoms with Crippen molar-refractivity contribution in [2.45, 2.75) is 25.3 Å². The van der Waals surface area contributed by atoms with Crippen molar-refractivity contribution in [3.8, 4) is 11.8 Å². The van der Waals surface area contributed by atoms with E-state index in [2.05, 4.69) is 11.4 Å². The Morgan fingerprint density at radius 2 is 2.29 bits per heavy atom. The van der Waals surface area contributed by atoms with Crippen molar-refractivity contribution in [2.24, 2.45) is 5.92 Å². The van der Waals surface area contributed by atoms with Crippen LogP contribution in [0.5, 0.6) is 5.75 Å². The third-order valence-corrected chi connectivity index (χ3v) is 3.64. The van der Waals surface area contributed by atoms with Crippen LogP contribution in [0.1, 0.15) is 29.6 Å². The molecule has 2 rings (SSSR count). The molecule has 1 aliphatic carbocycles. The van der Waals surface area contributed by atoms with Gasteiger partial charge in [0.15, 0.2) is 5.75 Å². The van der Waals surface area contributed by atoms with E-state index in [0.29, 0.717) is 0 Å². The molecule has 1 aromatic rings. The number of carbonyl (C=O) groups is 1. The molecule has 0 aromatic heterocycles. The van der Waals surface area contributed by atoms with Crippen LogP contribution in [0.15, 0.2) is 18.2 Å². The van der Waals surface area contributed by atoms with Gasteiger partial charge in [-0.25, -0.2) is 0 Å². The van der Waals surface area contributed by atoms with Crippen molar-refractivity contribution in [2.75, 3.05) is 7.11 Å². The second-order valence-corrected chi connectivity index (χ2v) is 4.89. The zero-order valence-electron chi connectivity index (χ0n) is 11.5. The number of nitrogens with zero attached hydrogens (tertiary/aromatic N) is 2. The summed E-state index contributed by atoms with van der Waals surface area (Å²) in [6.07, 6.45) is 2.42. The highest BCUT2D eigenvalue weighted by atomic mass is 16.6. The lowest BCUT2D eigenvalue weighted by atomic mass is 10.1. The van der Waals surface area contributed by atoms with Gasteiger partial charge in [0.2, 0.25) is 0 Å². The van der Waals surface area contributed by atoms with Gasteiger partial charge < -0.3 is 10.1 Å². The van der Waals surface area contributed by atoms with Crippen LogP contribution in [0.3, 0.4) is 0 Å². The summed E-state index contributed by atoms with van der Waals surface area (Å²) in [5, 5.41) is 22.7. The van der Waals surface area contributed by atoms with Gasteiger partial charge in [-0.2, -0.15) is 5.26 Å². The van der Waals surface area contributed by atoms with Crippen molar-refractivity contribution in [3.63, 3.8) is 0 Å². The highest BCUT2D eigenvalue weighted by molar-refractivity contribution is 5.95. The van der Waals surface area contributed by atoms with Crippen LogP contribution in [0.4, 0.5) is 5.69 Å². The fourth-order valence-electron chi connectivity index (χ4n) is 2.51. The molecule has 2 atom stereocenters. The number of nitro groups is 1. The summed E-state index contributed by atoms with van der Waals surface area (Å²) in [5.74, 6) is -0.498. The van der Waals surface area contributed by atoms with Gasteiger partial charge in [0.25, 0.3) is 5.91 Å². The Morgan fingerprint density at radius 1 is 1.52 bits per heavy atom. The first-order valence-corrected chi connectivity index (χ1v) is 6.59. The van der Waals surface area contributed by atoms with Gasteiger partial charge in [0.1, 0.15) is 0 Å². The molecule has 110 valence electrons. The number of benzene rings is 1. The van der Waals surface area contributed by atoms with Gasteiger partial charge in [-0.1, -0.05) is 0 Å². The fourth-order valence-corrected chi connectivity index (χ4v) is 2.51. The van der Waals surface area contributed by atoms with E-state index in [1.165, 1.54) is 25.3 Å². The second-order valence-electron chi connectivity index (χ2n) is 4.89. The monoisotopic (exact) mass is 289 g/mol. The molecule has 7 heteroatoms. The molecule has 2 unspecified atom stereocenters. The van der Waals surface area contributed by atoms with Gasteiger partial charge in [0, 0.05) is 17.7 Å². The molecule has 1 aromatic carbocycles. The standard InChI is InChI=1S/C14H15N3O4/c1-21-13-6-5-9(7-12(13)17(19)20)14(18)16-11-4-2-3-10(11)8-15/h5-7,10-11H,2-4H2,1H3,(H,16,18). The maximum Gasteiger partial charge on any atom is 0.311 e. The van der Waals surface area contributed by atoms with Crippen LogP contribution >= 0.6 is 0 Å². The predicted molar refractivity (Wildman–Crippen MR) is 73.9 cm³/mol. The first kappa shape index (κ1) is 14.8. The summed E-state index contributed by atoms with van der Waals surface area (Å²) in [6.45, 7) is 0. The molecule has 1 amide bonds. The third kappa shape index (κ3) is 3.11. The maximum absolute atomic E-state index is 12.2. The van der Waals surface area contributed by atoms with Gasteiger partial charge in [0.05, 0.1) is 24.0 Å². The Bertz CT molecular complexity index is 609. The third-order valence-electron chi connectivity index (χ3n) is 3.64. The van der Waals surface area contributed by atoms with E-state index in [0.717, 1.165) is 19.3 Å². The smallest absolute Gasteiger partial charge is 0.311 e. The van der Waals surface area contributed by atoms with Crippen molar-refractivity contribution in [1.82, 2.24) is 5.32 Å². The molecule has 0 bridgehead atoms. The van der Waals surface area contributed by atoms with E-state index >= 15 is 0 Å². The van der Waals surface area contributed by atoms with Gasteiger partial charge in [-0.15, -0.1) is 0 Å². The van der Waals surface area contributed by atoms with Crippen molar-refractivity contribution in [3.05, 3.63) is 33.9 Å². The summed E-state index contributed by atoms with van der Waals surface area (Å²) >= 11 is 0. The van der Waals surface area contributed by atoms with E-state index in [1.54, 1.807) is 0 Å². The van der Waals surface area contributed by atoms with Crippen LogP contribution in [-0.2, 0) is 0 Å². The molecular formula is C14H15N3O4. The largest absolute Gasteiger partial charge is 0.490 e. The summed E-state index contributed by atoms with van der Waals surface area (Å²) in [5.41, 5.74) is -0.0699. The summed E-state index contributed by atoms with van der Waals surface area (Å²) in [7, 11) is 1.33. The summed E-state index contributed by atoms with van der Waals surface area (Å²) in [6, 6.07) is 6.03. The highest BCUT2D eigenvalue weighted by Gasteiger charge is 2.29. The normalized spacial score (nSPS) is 20.6. The number of carbonyl (C=O) groups excluding carboxylic acids is 1. The number of methoxy groups -OCH3 is 1. The number of nitro benzene ring substituents is 1. The van der Waals surface area contributed by atoms with E-state index in [4.69, 9.17) is 10.00 Å². The minimum atomic E-state index is -0.594. The Labute approximate surface area is 121 Å². The lowest BCUT2D eigenvalue weighted by molar-refractivity contribution is -0.385. The molecular weight excluding hydrogens is 274 g/mol. The molecule has 21 heavy (non-hydrogen) atoms. The minimum Gasteiger partial charge on any atom is -0.490 e. The Hall–Kier alpha value is -2.62. The maximum atomic E-state index is 12.2. The second kappa shape index (κ2) is 6.22. The van der Waals surface area contributed by atoms with Crippen LogP contribution < -0.4 is 10.1 Å². The zero-order chi connectivity index (χ0) is 15.4. The Balaban J connectivity index is 2.18. The fraction of sp³-hybridized carbons (Fsp3) is 0.429. The highest BCUT2D eigenvalue weighted by Crippen LogP contribution is 2.28. The van der Waals surface area contributed by atoms with E-state index in [1.807, 2.05) is 0 Å². The average molecular weight is 289 g/mol. The van der Waals surface area contributed by atoms with Crippen LogP contribution in [0.25, 0.3) is 0 Å². The van der Waals surface area contributed by atoms with Crippen molar-refractivity contribution in [1.29, 1.82) is 5.26 Å². The molecule has 7 nitrogen and oxygen atoms in total. The number of hydrogen-bond donors (Lipinski definition) is 1. The molecule has 0 heterocycles. The molecule has 1 fully saturated rings. The molecule has 1 aliphatic rings. The van der Waals surface area contributed by atoms with Crippen molar-refractivity contribution < 1.29 is 14.5 Å². The summed E-state index contributed by atoms with van der Waals surface area (Å²) < 4.78 is 4.89. The number of rotatable bonds is 4. The average Bonchev–Trinajstić information content (AvgIpc) is 2.93. The number of ether oxygens (including phenoxy) is 1.